The number of benzene rings is 1. The Hall–Kier alpha value is -0.700. The van der Waals surface area contributed by atoms with Crippen molar-refractivity contribution in [2.24, 2.45) is 5.92 Å². The van der Waals surface area contributed by atoms with Gasteiger partial charge in [-0.3, -0.25) is 0 Å². The van der Waals surface area contributed by atoms with Crippen molar-refractivity contribution >= 4 is 29.8 Å². The van der Waals surface area contributed by atoms with E-state index < -0.39 is 34.7 Å². The van der Waals surface area contributed by atoms with E-state index in [0.29, 0.717) is 18.5 Å². The number of nitrogens with zero attached hydrogens (tertiary/aromatic N) is 1. The van der Waals surface area contributed by atoms with Crippen LogP contribution in [0.3, 0.4) is 0 Å². The van der Waals surface area contributed by atoms with Crippen LogP contribution in [0.5, 0.6) is 0 Å². The molecular weight excluding hydrogens is 329 g/mol. The molecule has 1 aliphatic rings. The van der Waals surface area contributed by atoms with Crippen molar-refractivity contribution < 1.29 is 21.2 Å². The van der Waals surface area contributed by atoms with Crippen molar-refractivity contribution in [1.82, 2.24) is 4.31 Å². The zero-order valence-corrected chi connectivity index (χ0v) is 13.0. The second-order valence-electron chi connectivity index (χ2n) is 4.76. The van der Waals surface area contributed by atoms with Crippen LogP contribution in [0.1, 0.15) is 12.8 Å². The highest BCUT2D eigenvalue weighted by Crippen LogP contribution is 2.31. The lowest BCUT2D eigenvalue weighted by molar-refractivity contribution is 0.447. The van der Waals surface area contributed by atoms with E-state index in [1.54, 1.807) is 0 Å². The van der Waals surface area contributed by atoms with Crippen LogP contribution in [-0.2, 0) is 19.1 Å². The molecule has 0 amide bonds. The summed E-state index contributed by atoms with van der Waals surface area (Å²) in [5, 5.41) is 0. The van der Waals surface area contributed by atoms with Crippen LogP contribution in [0, 0.1) is 11.7 Å². The molecule has 1 fully saturated rings. The highest BCUT2D eigenvalue weighted by atomic mass is 35.7. The monoisotopic (exact) mass is 341 g/mol. The summed E-state index contributed by atoms with van der Waals surface area (Å²) in [6, 6.07) is 2.51. The van der Waals surface area contributed by atoms with Gasteiger partial charge in [0.1, 0.15) is 10.7 Å². The molecule has 0 heterocycles. The fourth-order valence-corrected chi connectivity index (χ4v) is 3.82. The van der Waals surface area contributed by atoms with Gasteiger partial charge in [0.05, 0.1) is 4.90 Å². The third kappa shape index (κ3) is 3.30. The van der Waals surface area contributed by atoms with Crippen molar-refractivity contribution in [1.29, 1.82) is 0 Å². The minimum absolute atomic E-state index is 0.320. The number of rotatable bonds is 5. The van der Waals surface area contributed by atoms with E-state index in [1.807, 2.05) is 0 Å². The molecule has 0 bridgehead atoms. The molecule has 112 valence electrons. The van der Waals surface area contributed by atoms with E-state index in [2.05, 4.69) is 0 Å². The first kappa shape index (κ1) is 15.7. The summed E-state index contributed by atoms with van der Waals surface area (Å²) < 4.78 is 61.4. The van der Waals surface area contributed by atoms with Crippen LogP contribution in [0.2, 0.25) is 0 Å². The van der Waals surface area contributed by atoms with Crippen LogP contribution in [-0.4, -0.2) is 34.7 Å². The van der Waals surface area contributed by atoms with Gasteiger partial charge in [0, 0.05) is 24.3 Å². The van der Waals surface area contributed by atoms with Crippen molar-refractivity contribution in [3.8, 4) is 0 Å². The standard InChI is InChI=1S/C11H13ClFNO4S2/c1-14(7-8-2-3-8)20(17,18)11-5-4-9(6-10(11)13)19(12,15)16/h4-6,8H,2-3,7H2,1H3. The minimum atomic E-state index is -4.09. The fraction of sp³-hybridized carbons (Fsp3) is 0.455. The lowest BCUT2D eigenvalue weighted by atomic mass is 10.3. The summed E-state index contributed by atoms with van der Waals surface area (Å²) in [6.45, 7) is 0.331. The molecule has 0 aliphatic heterocycles. The smallest absolute Gasteiger partial charge is 0.207 e. The Morgan fingerprint density at radius 2 is 1.90 bits per heavy atom. The summed E-state index contributed by atoms with van der Waals surface area (Å²) in [4.78, 5) is -1.02. The first-order valence-electron chi connectivity index (χ1n) is 5.83. The highest BCUT2D eigenvalue weighted by Gasteiger charge is 2.31. The predicted molar refractivity (Wildman–Crippen MR) is 72.0 cm³/mol. The molecule has 0 unspecified atom stereocenters. The Bertz CT molecular complexity index is 729. The summed E-state index contributed by atoms with van der Waals surface area (Å²) in [5.41, 5.74) is 0. The van der Waals surface area contributed by atoms with Gasteiger partial charge in [-0.1, -0.05) is 0 Å². The minimum Gasteiger partial charge on any atom is -0.207 e. The Morgan fingerprint density at radius 3 is 2.35 bits per heavy atom. The van der Waals surface area contributed by atoms with E-state index in [0.717, 1.165) is 29.3 Å². The summed E-state index contributed by atoms with van der Waals surface area (Å²) >= 11 is 0. The first-order chi connectivity index (χ1) is 9.12. The number of hydrogen-bond acceptors (Lipinski definition) is 4. The molecule has 1 saturated carbocycles. The molecule has 0 N–H and O–H groups in total. The van der Waals surface area contributed by atoms with Gasteiger partial charge in [-0.15, -0.1) is 0 Å². The van der Waals surface area contributed by atoms with Gasteiger partial charge in [-0.05, 0) is 37.0 Å². The maximum atomic E-state index is 13.9. The molecular formula is C11H13ClFNO4S2. The number of sulfonamides is 1. The third-order valence-electron chi connectivity index (χ3n) is 3.09. The first-order valence-corrected chi connectivity index (χ1v) is 9.58. The van der Waals surface area contributed by atoms with Crippen LogP contribution >= 0.6 is 10.7 Å². The Kier molecular flexibility index (Phi) is 4.12. The molecule has 0 aromatic heterocycles. The zero-order chi connectivity index (χ0) is 15.1. The quantitative estimate of drug-likeness (QED) is 0.765. The third-order valence-corrected chi connectivity index (χ3v) is 6.29. The molecule has 1 aliphatic carbocycles. The van der Waals surface area contributed by atoms with E-state index in [1.165, 1.54) is 7.05 Å². The normalized spacial score (nSPS) is 16.6. The predicted octanol–water partition coefficient (Wildman–Crippen LogP) is 1.78. The lowest BCUT2D eigenvalue weighted by Gasteiger charge is -2.17. The van der Waals surface area contributed by atoms with Gasteiger partial charge >= 0.3 is 0 Å². The van der Waals surface area contributed by atoms with Gasteiger partial charge in [0.2, 0.25) is 10.0 Å². The summed E-state index contributed by atoms with van der Waals surface area (Å²) in [7, 11) is -1.60. The van der Waals surface area contributed by atoms with Gasteiger partial charge in [0.15, 0.2) is 0 Å². The number of halogens is 2. The maximum Gasteiger partial charge on any atom is 0.261 e. The SMILES string of the molecule is CN(CC1CC1)S(=O)(=O)c1ccc(S(=O)(=O)Cl)cc1F. The average molecular weight is 342 g/mol. The van der Waals surface area contributed by atoms with Gasteiger partial charge in [-0.2, -0.15) is 0 Å². The van der Waals surface area contributed by atoms with Crippen LogP contribution in [0.4, 0.5) is 4.39 Å². The molecule has 0 spiro atoms. The van der Waals surface area contributed by atoms with Crippen LogP contribution < -0.4 is 0 Å². The van der Waals surface area contributed by atoms with E-state index in [4.69, 9.17) is 10.7 Å². The van der Waals surface area contributed by atoms with Crippen LogP contribution in [0.25, 0.3) is 0 Å². The lowest BCUT2D eigenvalue weighted by Crippen LogP contribution is -2.29. The fourth-order valence-electron chi connectivity index (χ4n) is 1.77. The molecule has 2 rings (SSSR count). The molecule has 1 aromatic rings. The largest absolute Gasteiger partial charge is 0.261 e. The summed E-state index contributed by atoms with van der Waals surface area (Å²) in [5.74, 6) is -0.810. The molecule has 0 saturated heterocycles. The van der Waals surface area contributed by atoms with E-state index >= 15 is 0 Å². The van der Waals surface area contributed by atoms with Crippen molar-refractivity contribution in [2.45, 2.75) is 22.6 Å². The van der Waals surface area contributed by atoms with E-state index in [-0.39, 0.29) is 0 Å². The average Bonchev–Trinajstić information content (AvgIpc) is 3.11. The second-order valence-corrected chi connectivity index (χ2v) is 9.34. The molecule has 9 heteroatoms. The molecule has 0 atom stereocenters. The maximum absolute atomic E-state index is 13.9. The van der Waals surface area contributed by atoms with Gasteiger partial charge < -0.3 is 0 Å². The van der Waals surface area contributed by atoms with E-state index in [9.17, 15) is 21.2 Å². The topological polar surface area (TPSA) is 71.5 Å². The second kappa shape index (κ2) is 5.25. The Labute approximate surface area is 121 Å². The Balaban J connectivity index is 2.36. The molecule has 1 aromatic carbocycles. The molecule has 0 radical (unpaired) electrons. The van der Waals surface area contributed by atoms with Crippen molar-refractivity contribution in [3.05, 3.63) is 24.0 Å². The van der Waals surface area contributed by atoms with Crippen molar-refractivity contribution in [3.63, 3.8) is 0 Å². The number of hydrogen-bond donors (Lipinski definition) is 0. The van der Waals surface area contributed by atoms with Crippen molar-refractivity contribution in [2.75, 3.05) is 13.6 Å². The van der Waals surface area contributed by atoms with Gasteiger partial charge in [-0.25, -0.2) is 25.5 Å². The Morgan fingerprint density at radius 1 is 1.30 bits per heavy atom. The zero-order valence-electron chi connectivity index (χ0n) is 10.6. The molecule has 5 nitrogen and oxygen atoms in total. The highest BCUT2D eigenvalue weighted by molar-refractivity contribution is 8.13. The summed E-state index contributed by atoms with van der Waals surface area (Å²) in [6.07, 6.45) is 1.93. The van der Waals surface area contributed by atoms with Gasteiger partial charge in [0.25, 0.3) is 9.05 Å². The molecule has 20 heavy (non-hydrogen) atoms. The van der Waals surface area contributed by atoms with Crippen LogP contribution in [0.15, 0.2) is 28.0 Å².